The van der Waals surface area contributed by atoms with Gasteiger partial charge in [-0.25, -0.2) is 4.39 Å². The zero-order valence-corrected chi connectivity index (χ0v) is 9.09. The molecule has 3 heteroatoms. The van der Waals surface area contributed by atoms with Gasteiger partial charge in [-0.3, -0.25) is 0 Å². The summed E-state index contributed by atoms with van der Waals surface area (Å²) in [5, 5.41) is 3.02. The molecule has 0 bridgehead atoms. The van der Waals surface area contributed by atoms with Crippen molar-refractivity contribution in [1.82, 2.24) is 5.32 Å². The lowest BCUT2D eigenvalue weighted by Crippen LogP contribution is -2.05. The second kappa shape index (κ2) is 6.19. The van der Waals surface area contributed by atoms with E-state index in [2.05, 4.69) is 5.32 Å². The van der Waals surface area contributed by atoms with Crippen molar-refractivity contribution in [2.75, 3.05) is 20.7 Å². The summed E-state index contributed by atoms with van der Waals surface area (Å²) < 4.78 is 18.3. The van der Waals surface area contributed by atoms with Crippen LogP contribution in [-0.4, -0.2) is 20.7 Å². The van der Waals surface area contributed by atoms with E-state index in [1.54, 1.807) is 18.2 Å². The van der Waals surface area contributed by atoms with Gasteiger partial charge < -0.3 is 10.1 Å². The van der Waals surface area contributed by atoms with Crippen LogP contribution in [-0.2, 0) is 0 Å². The Kier molecular flexibility index (Phi) is 4.84. The van der Waals surface area contributed by atoms with Crippen molar-refractivity contribution in [1.29, 1.82) is 0 Å². The van der Waals surface area contributed by atoms with Crippen molar-refractivity contribution in [3.63, 3.8) is 0 Å². The van der Waals surface area contributed by atoms with Crippen molar-refractivity contribution in [3.8, 4) is 5.75 Å². The zero-order chi connectivity index (χ0) is 11.1. The van der Waals surface area contributed by atoms with Gasteiger partial charge in [0, 0.05) is 11.6 Å². The highest BCUT2D eigenvalue weighted by molar-refractivity contribution is 5.51. The van der Waals surface area contributed by atoms with Gasteiger partial charge in [-0.05, 0) is 32.1 Å². The predicted octanol–water partition coefficient (Wildman–Crippen LogP) is 2.46. The Morgan fingerprint density at radius 2 is 2.27 bits per heavy atom. The van der Waals surface area contributed by atoms with Crippen LogP contribution in [0.4, 0.5) is 4.39 Å². The summed E-state index contributed by atoms with van der Waals surface area (Å²) in [6.45, 7) is 0.897. The smallest absolute Gasteiger partial charge is 0.134 e. The zero-order valence-electron chi connectivity index (χ0n) is 9.09. The lowest BCUT2D eigenvalue weighted by atomic mass is 10.2. The average Bonchev–Trinajstić information content (AvgIpc) is 2.26. The van der Waals surface area contributed by atoms with Crippen molar-refractivity contribution in [3.05, 3.63) is 35.7 Å². The number of hydrogen-bond acceptors (Lipinski definition) is 2. The molecule has 15 heavy (non-hydrogen) atoms. The Hall–Kier alpha value is -1.35. The number of nitrogens with one attached hydrogen (secondary N) is 1. The molecule has 0 spiro atoms. The molecule has 0 atom stereocenters. The highest BCUT2D eigenvalue weighted by Crippen LogP contribution is 2.17. The lowest BCUT2D eigenvalue weighted by Gasteiger charge is -2.01. The van der Waals surface area contributed by atoms with Crippen LogP contribution in [0.1, 0.15) is 12.0 Å². The Labute approximate surface area is 89.8 Å². The summed E-state index contributed by atoms with van der Waals surface area (Å²) in [4.78, 5) is 0. The highest BCUT2D eigenvalue weighted by Gasteiger charge is 1.99. The third-order valence-electron chi connectivity index (χ3n) is 2.07. The number of halogens is 1. The van der Waals surface area contributed by atoms with Crippen molar-refractivity contribution in [2.24, 2.45) is 0 Å². The van der Waals surface area contributed by atoms with E-state index in [0.29, 0.717) is 11.3 Å². The number of hydrogen-bond donors (Lipinski definition) is 1. The maximum Gasteiger partial charge on any atom is 0.134 e. The van der Waals surface area contributed by atoms with Gasteiger partial charge in [0.05, 0.1) is 7.11 Å². The molecule has 82 valence electrons. The van der Waals surface area contributed by atoms with Crippen LogP contribution in [0.5, 0.6) is 5.75 Å². The minimum atomic E-state index is -0.255. The molecule has 0 aliphatic heterocycles. The first kappa shape index (κ1) is 11.7. The molecule has 1 aromatic carbocycles. The summed E-state index contributed by atoms with van der Waals surface area (Å²) in [5.41, 5.74) is 0.590. The predicted molar refractivity (Wildman–Crippen MR) is 60.5 cm³/mol. The fourth-order valence-electron chi connectivity index (χ4n) is 1.21. The van der Waals surface area contributed by atoms with E-state index < -0.39 is 0 Å². The van der Waals surface area contributed by atoms with Crippen molar-refractivity contribution in [2.45, 2.75) is 6.42 Å². The first-order valence-electron chi connectivity index (χ1n) is 4.92. The first-order chi connectivity index (χ1) is 7.27. The molecular formula is C12H16FNO. The maximum absolute atomic E-state index is 13.4. The van der Waals surface area contributed by atoms with Crippen LogP contribution < -0.4 is 10.1 Å². The number of ether oxygens (including phenoxy) is 1. The Balaban J connectivity index is 2.65. The minimum absolute atomic E-state index is 0.255. The van der Waals surface area contributed by atoms with E-state index in [-0.39, 0.29) is 5.82 Å². The van der Waals surface area contributed by atoms with Gasteiger partial charge in [0.25, 0.3) is 0 Å². The molecule has 0 radical (unpaired) electrons. The largest absolute Gasteiger partial charge is 0.497 e. The molecule has 0 heterocycles. The summed E-state index contributed by atoms with van der Waals surface area (Å²) in [6.07, 6.45) is 4.62. The fourth-order valence-corrected chi connectivity index (χ4v) is 1.21. The van der Waals surface area contributed by atoms with Crippen LogP contribution in [0.2, 0.25) is 0 Å². The second-order valence-corrected chi connectivity index (χ2v) is 3.18. The van der Waals surface area contributed by atoms with Crippen LogP contribution in [0.15, 0.2) is 24.3 Å². The third-order valence-corrected chi connectivity index (χ3v) is 2.07. The average molecular weight is 209 g/mol. The molecule has 0 saturated carbocycles. The Morgan fingerprint density at radius 3 is 2.87 bits per heavy atom. The van der Waals surface area contributed by atoms with Crippen molar-refractivity contribution < 1.29 is 9.13 Å². The molecule has 1 aromatic rings. The number of methoxy groups -OCH3 is 1. The summed E-state index contributed by atoms with van der Waals surface area (Å²) in [7, 11) is 3.42. The molecule has 1 rings (SSSR count). The standard InChI is InChI=1S/C12H16FNO/c1-14-8-4-3-5-10-6-7-11(15-2)9-12(10)13/h3,5-7,9,14H,4,8H2,1-2H3/b5-3+. The molecule has 0 aromatic heterocycles. The van der Waals surface area contributed by atoms with E-state index in [4.69, 9.17) is 4.74 Å². The summed E-state index contributed by atoms with van der Waals surface area (Å²) in [6, 6.07) is 4.85. The minimum Gasteiger partial charge on any atom is -0.497 e. The van der Waals surface area contributed by atoms with Gasteiger partial charge in [-0.2, -0.15) is 0 Å². The first-order valence-corrected chi connectivity index (χ1v) is 4.92. The summed E-state index contributed by atoms with van der Waals surface area (Å²) in [5.74, 6) is 0.287. The van der Waals surface area contributed by atoms with E-state index in [1.807, 2.05) is 13.1 Å². The Morgan fingerprint density at radius 1 is 1.47 bits per heavy atom. The molecule has 0 fully saturated rings. The van der Waals surface area contributed by atoms with Gasteiger partial charge in [0.2, 0.25) is 0 Å². The van der Waals surface area contributed by atoms with Crippen LogP contribution in [0.25, 0.3) is 6.08 Å². The van der Waals surface area contributed by atoms with Crippen LogP contribution in [0, 0.1) is 5.82 Å². The van der Waals surface area contributed by atoms with Gasteiger partial charge in [0.15, 0.2) is 0 Å². The SMILES string of the molecule is CNCC/C=C/c1ccc(OC)cc1F. The van der Waals surface area contributed by atoms with E-state index in [0.717, 1.165) is 13.0 Å². The van der Waals surface area contributed by atoms with Gasteiger partial charge >= 0.3 is 0 Å². The second-order valence-electron chi connectivity index (χ2n) is 3.18. The monoisotopic (exact) mass is 209 g/mol. The molecular weight excluding hydrogens is 193 g/mol. The third kappa shape index (κ3) is 3.72. The van der Waals surface area contributed by atoms with E-state index >= 15 is 0 Å². The van der Waals surface area contributed by atoms with Crippen molar-refractivity contribution >= 4 is 6.08 Å². The van der Waals surface area contributed by atoms with Crippen LogP contribution in [0.3, 0.4) is 0 Å². The van der Waals surface area contributed by atoms with Crippen LogP contribution >= 0.6 is 0 Å². The summed E-state index contributed by atoms with van der Waals surface area (Å²) >= 11 is 0. The molecule has 2 nitrogen and oxygen atoms in total. The quantitative estimate of drug-likeness (QED) is 0.752. The number of rotatable bonds is 5. The Bertz CT molecular complexity index is 336. The van der Waals surface area contributed by atoms with E-state index in [1.165, 1.54) is 13.2 Å². The maximum atomic E-state index is 13.4. The lowest BCUT2D eigenvalue weighted by molar-refractivity contribution is 0.411. The van der Waals surface area contributed by atoms with Gasteiger partial charge in [0.1, 0.15) is 11.6 Å². The molecule has 0 aliphatic carbocycles. The van der Waals surface area contributed by atoms with E-state index in [9.17, 15) is 4.39 Å². The normalized spacial score (nSPS) is 10.9. The van der Waals surface area contributed by atoms with Gasteiger partial charge in [-0.1, -0.05) is 12.2 Å². The highest BCUT2D eigenvalue weighted by atomic mass is 19.1. The van der Waals surface area contributed by atoms with Gasteiger partial charge in [-0.15, -0.1) is 0 Å². The molecule has 0 amide bonds. The fraction of sp³-hybridized carbons (Fsp3) is 0.333. The molecule has 0 aliphatic rings. The molecule has 0 saturated heterocycles. The topological polar surface area (TPSA) is 21.3 Å². The number of benzene rings is 1. The molecule has 0 unspecified atom stereocenters. The molecule has 1 N–H and O–H groups in total.